The molecule has 0 aliphatic carbocycles. The van der Waals surface area contributed by atoms with E-state index in [2.05, 4.69) is 4.74 Å². The molecular formula is C11H20F4O2. The summed E-state index contributed by atoms with van der Waals surface area (Å²) in [6.45, 7) is 2.24. The van der Waals surface area contributed by atoms with Crippen molar-refractivity contribution in [3.05, 3.63) is 0 Å². The number of alkyl halides is 4. The third kappa shape index (κ3) is 6.83. The Bertz CT molecular complexity index is 196. The zero-order valence-corrected chi connectivity index (χ0v) is 10.1. The molecule has 0 radical (unpaired) electrons. The van der Waals surface area contributed by atoms with Gasteiger partial charge in [-0.2, -0.15) is 8.78 Å². The highest BCUT2D eigenvalue weighted by atomic mass is 19.3. The van der Waals surface area contributed by atoms with E-state index in [1.165, 1.54) is 0 Å². The van der Waals surface area contributed by atoms with E-state index in [-0.39, 0.29) is 6.61 Å². The first kappa shape index (κ1) is 16.6. The molecule has 0 aliphatic heterocycles. The van der Waals surface area contributed by atoms with Gasteiger partial charge >= 0.3 is 12.3 Å². The van der Waals surface area contributed by atoms with Crippen molar-refractivity contribution in [2.75, 3.05) is 13.2 Å². The van der Waals surface area contributed by atoms with Crippen LogP contribution in [0.3, 0.4) is 0 Å². The largest absolute Gasteiger partial charge is 0.391 e. The summed E-state index contributed by atoms with van der Waals surface area (Å²) in [5.74, 6) is -3.85. The SMILES string of the molecule is CCC(CC)CC(O)COCC(F)(F)C(F)F. The number of hydrogen-bond acceptors (Lipinski definition) is 2. The Balaban J connectivity index is 3.81. The lowest BCUT2D eigenvalue weighted by Crippen LogP contribution is -2.34. The third-order valence-corrected chi connectivity index (χ3v) is 2.68. The number of aliphatic hydroxyl groups excluding tert-OH is 1. The van der Waals surface area contributed by atoms with E-state index in [4.69, 9.17) is 0 Å². The number of hydrogen-bond donors (Lipinski definition) is 1. The summed E-state index contributed by atoms with van der Waals surface area (Å²) in [5, 5.41) is 9.46. The zero-order valence-electron chi connectivity index (χ0n) is 10.1. The van der Waals surface area contributed by atoms with Crippen molar-refractivity contribution in [3.63, 3.8) is 0 Å². The molecule has 0 aromatic carbocycles. The highest BCUT2D eigenvalue weighted by Crippen LogP contribution is 2.23. The molecule has 104 valence electrons. The minimum absolute atomic E-state index is 0.296. The van der Waals surface area contributed by atoms with Crippen LogP contribution in [0.2, 0.25) is 0 Å². The molecule has 1 atom stereocenters. The molecule has 0 amide bonds. The Hall–Kier alpha value is -0.360. The van der Waals surface area contributed by atoms with Crippen LogP contribution in [-0.2, 0) is 4.74 Å². The second kappa shape index (κ2) is 7.87. The maximum Gasteiger partial charge on any atom is 0.330 e. The van der Waals surface area contributed by atoms with Gasteiger partial charge in [-0.25, -0.2) is 8.78 Å². The Kier molecular flexibility index (Phi) is 7.70. The number of halogens is 4. The van der Waals surface area contributed by atoms with Crippen LogP contribution in [0, 0.1) is 5.92 Å². The lowest BCUT2D eigenvalue weighted by atomic mass is 9.96. The van der Waals surface area contributed by atoms with Crippen LogP contribution < -0.4 is 0 Å². The van der Waals surface area contributed by atoms with Crippen molar-refractivity contribution in [2.45, 2.75) is 51.6 Å². The number of aliphatic hydroxyl groups is 1. The molecule has 0 aliphatic rings. The van der Waals surface area contributed by atoms with Crippen LogP contribution in [0.4, 0.5) is 17.6 Å². The van der Waals surface area contributed by atoms with Crippen molar-refractivity contribution in [1.29, 1.82) is 0 Å². The topological polar surface area (TPSA) is 29.5 Å². The van der Waals surface area contributed by atoms with Gasteiger partial charge in [-0.1, -0.05) is 26.7 Å². The fourth-order valence-corrected chi connectivity index (χ4v) is 1.47. The van der Waals surface area contributed by atoms with Gasteiger partial charge in [0.2, 0.25) is 0 Å². The lowest BCUT2D eigenvalue weighted by molar-refractivity contribution is -0.171. The van der Waals surface area contributed by atoms with Crippen LogP contribution in [0.1, 0.15) is 33.1 Å². The second-order valence-electron chi connectivity index (χ2n) is 4.15. The molecule has 0 rings (SSSR count). The molecule has 0 aromatic heterocycles. The summed E-state index contributed by atoms with van der Waals surface area (Å²) in [6, 6.07) is 0. The number of rotatable bonds is 9. The van der Waals surface area contributed by atoms with Crippen LogP contribution in [-0.4, -0.2) is 36.8 Å². The minimum atomic E-state index is -4.14. The maximum absolute atomic E-state index is 12.4. The first-order chi connectivity index (χ1) is 7.83. The van der Waals surface area contributed by atoms with E-state index in [1.807, 2.05) is 13.8 Å². The van der Waals surface area contributed by atoms with Crippen molar-refractivity contribution in [2.24, 2.45) is 5.92 Å². The molecule has 2 nitrogen and oxygen atoms in total. The third-order valence-electron chi connectivity index (χ3n) is 2.68. The van der Waals surface area contributed by atoms with Gasteiger partial charge in [0.1, 0.15) is 6.61 Å². The molecule has 0 bridgehead atoms. The fourth-order valence-electron chi connectivity index (χ4n) is 1.47. The molecule has 0 heterocycles. The Morgan fingerprint density at radius 2 is 1.71 bits per heavy atom. The highest BCUT2D eigenvalue weighted by molar-refractivity contribution is 4.69. The van der Waals surface area contributed by atoms with Gasteiger partial charge in [0.05, 0.1) is 12.7 Å². The lowest BCUT2D eigenvalue weighted by Gasteiger charge is -2.19. The molecule has 17 heavy (non-hydrogen) atoms. The van der Waals surface area contributed by atoms with E-state index in [0.29, 0.717) is 12.3 Å². The maximum atomic E-state index is 12.4. The van der Waals surface area contributed by atoms with Crippen LogP contribution in [0.5, 0.6) is 0 Å². The summed E-state index contributed by atoms with van der Waals surface area (Å²) < 4.78 is 52.8. The van der Waals surface area contributed by atoms with Gasteiger partial charge in [0, 0.05) is 0 Å². The smallest absolute Gasteiger partial charge is 0.330 e. The van der Waals surface area contributed by atoms with Crippen LogP contribution in [0.15, 0.2) is 0 Å². The molecule has 0 spiro atoms. The van der Waals surface area contributed by atoms with Crippen molar-refractivity contribution >= 4 is 0 Å². The first-order valence-corrected chi connectivity index (χ1v) is 5.75. The van der Waals surface area contributed by atoms with Gasteiger partial charge < -0.3 is 9.84 Å². The standard InChI is InChI=1S/C11H20F4O2/c1-3-8(4-2)5-9(16)6-17-7-11(14,15)10(12)13/h8-10,16H,3-7H2,1-2H3. The van der Waals surface area contributed by atoms with Crippen LogP contribution >= 0.6 is 0 Å². The number of ether oxygens (including phenoxy) is 1. The monoisotopic (exact) mass is 260 g/mol. The minimum Gasteiger partial charge on any atom is -0.391 e. The molecule has 1 unspecified atom stereocenters. The van der Waals surface area contributed by atoms with Crippen molar-refractivity contribution in [3.8, 4) is 0 Å². The molecule has 0 saturated heterocycles. The normalized spacial score (nSPS) is 14.6. The average molecular weight is 260 g/mol. The van der Waals surface area contributed by atoms with Crippen LogP contribution in [0.25, 0.3) is 0 Å². The van der Waals surface area contributed by atoms with E-state index in [1.54, 1.807) is 0 Å². The van der Waals surface area contributed by atoms with Gasteiger partial charge in [-0.05, 0) is 12.3 Å². The average Bonchev–Trinajstić information content (AvgIpc) is 2.25. The molecule has 6 heteroatoms. The second-order valence-corrected chi connectivity index (χ2v) is 4.15. The van der Waals surface area contributed by atoms with Gasteiger partial charge in [-0.3, -0.25) is 0 Å². The fraction of sp³-hybridized carbons (Fsp3) is 1.00. The summed E-state index contributed by atoms with van der Waals surface area (Å²) >= 11 is 0. The van der Waals surface area contributed by atoms with Gasteiger partial charge in [0.25, 0.3) is 0 Å². The molecular weight excluding hydrogens is 240 g/mol. The summed E-state index contributed by atoms with van der Waals surface area (Å²) in [7, 11) is 0. The predicted molar refractivity (Wildman–Crippen MR) is 56.5 cm³/mol. The Labute approximate surface area is 99.0 Å². The van der Waals surface area contributed by atoms with Crippen molar-refractivity contribution in [1.82, 2.24) is 0 Å². The van der Waals surface area contributed by atoms with E-state index >= 15 is 0 Å². The predicted octanol–water partition coefficient (Wildman–Crippen LogP) is 3.09. The Morgan fingerprint density at radius 3 is 2.12 bits per heavy atom. The van der Waals surface area contributed by atoms with Gasteiger partial charge in [-0.15, -0.1) is 0 Å². The van der Waals surface area contributed by atoms with Crippen molar-refractivity contribution < 1.29 is 27.4 Å². The highest BCUT2D eigenvalue weighted by Gasteiger charge is 2.41. The molecule has 0 fully saturated rings. The first-order valence-electron chi connectivity index (χ1n) is 5.75. The van der Waals surface area contributed by atoms with Gasteiger partial charge in [0.15, 0.2) is 0 Å². The van der Waals surface area contributed by atoms with E-state index < -0.39 is 25.1 Å². The summed E-state index contributed by atoms with van der Waals surface area (Å²) in [4.78, 5) is 0. The molecule has 1 N–H and O–H groups in total. The Morgan fingerprint density at radius 1 is 1.18 bits per heavy atom. The molecule has 0 aromatic rings. The zero-order chi connectivity index (χ0) is 13.5. The molecule has 0 saturated carbocycles. The van der Waals surface area contributed by atoms with E-state index in [9.17, 15) is 22.7 Å². The van der Waals surface area contributed by atoms with E-state index in [0.717, 1.165) is 12.8 Å². The summed E-state index contributed by atoms with van der Waals surface area (Å²) in [6.07, 6.45) is -2.43. The quantitative estimate of drug-likeness (QED) is 0.645. The summed E-state index contributed by atoms with van der Waals surface area (Å²) in [5.41, 5.74) is 0.